The summed E-state index contributed by atoms with van der Waals surface area (Å²) in [4.78, 5) is 45.1. The molecule has 0 spiro atoms. The molecule has 3 heterocycles. The fourth-order valence-electron chi connectivity index (χ4n) is 3.92. The highest BCUT2D eigenvalue weighted by Crippen LogP contribution is 2.29. The molecule has 32 heavy (non-hydrogen) atoms. The Balaban J connectivity index is 1.82. The number of carbonyl (C=O) groups excluding carboxylic acids is 3. The van der Waals surface area contributed by atoms with Gasteiger partial charge in [0.2, 0.25) is 5.91 Å². The molecular weight excluding hydrogens is 410 g/mol. The topological polar surface area (TPSA) is 109 Å². The Morgan fingerprint density at radius 2 is 2.03 bits per heavy atom. The lowest BCUT2D eigenvalue weighted by atomic mass is 9.93. The second kappa shape index (κ2) is 9.58. The zero-order valence-corrected chi connectivity index (χ0v) is 19.5. The van der Waals surface area contributed by atoms with Crippen LogP contribution in [0, 0.1) is 12.8 Å². The van der Waals surface area contributed by atoms with Gasteiger partial charge in [-0.15, -0.1) is 0 Å². The average molecular weight is 444 g/mol. The first-order valence-electron chi connectivity index (χ1n) is 11.2. The first-order valence-corrected chi connectivity index (χ1v) is 11.2. The van der Waals surface area contributed by atoms with Crippen LogP contribution in [0.3, 0.4) is 0 Å². The van der Waals surface area contributed by atoms with Gasteiger partial charge in [-0.3, -0.25) is 14.4 Å². The van der Waals surface area contributed by atoms with E-state index < -0.39 is 11.4 Å². The summed E-state index contributed by atoms with van der Waals surface area (Å²) in [6.45, 7) is 11.1. The Labute approximate surface area is 188 Å². The van der Waals surface area contributed by atoms with Crippen LogP contribution in [-0.4, -0.2) is 50.8 Å². The number of hydrogen-bond donors (Lipinski definition) is 2. The number of nitrogens with one attached hydrogen (secondary N) is 2. The number of furan rings is 1. The standard InChI is InChI=1S/C23H33N5O4/c1-6-11-28-21(30)19-18(20(29)25-12-17-8-7-16(4)32-17)26-14-27(19)13-23(28,5)22(31)24-10-9-15(2)3/h7-8,14-15H,6,9-13H2,1-5H3,(H,24,31)(H,25,29). The monoisotopic (exact) mass is 443 g/mol. The minimum Gasteiger partial charge on any atom is -0.465 e. The van der Waals surface area contributed by atoms with Gasteiger partial charge in [-0.25, -0.2) is 4.98 Å². The molecule has 3 amide bonds. The van der Waals surface area contributed by atoms with Crippen LogP contribution in [0.25, 0.3) is 0 Å². The van der Waals surface area contributed by atoms with Crippen LogP contribution >= 0.6 is 0 Å². The van der Waals surface area contributed by atoms with E-state index in [1.54, 1.807) is 22.5 Å². The smallest absolute Gasteiger partial charge is 0.273 e. The van der Waals surface area contributed by atoms with Crippen molar-refractivity contribution >= 4 is 17.7 Å². The van der Waals surface area contributed by atoms with Crippen molar-refractivity contribution in [3.63, 3.8) is 0 Å². The third kappa shape index (κ3) is 4.71. The van der Waals surface area contributed by atoms with Crippen LogP contribution in [0.15, 0.2) is 22.9 Å². The average Bonchev–Trinajstić information content (AvgIpc) is 3.35. The maximum atomic E-state index is 13.5. The van der Waals surface area contributed by atoms with E-state index in [1.807, 2.05) is 19.9 Å². The number of aromatic nitrogens is 2. The molecular formula is C23H33N5O4. The molecule has 3 rings (SSSR count). The van der Waals surface area contributed by atoms with E-state index in [0.717, 1.165) is 12.2 Å². The molecule has 9 heteroatoms. The molecule has 0 bridgehead atoms. The summed E-state index contributed by atoms with van der Waals surface area (Å²) in [5.41, 5.74) is -0.794. The third-order valence-corrected chi connectivity index (χ3v) is 5.74. The molecule has 0 aromatic carbocycles. The molecule has 2 aromatic rings. The second-order valence-corrected chi connectivity index (χ2v) is 8.93. The van der Waals surface area contributed by atoms with Crippen LogP contribution in [0.1, 0.15) is 73.0 Å². The number of aryl methyl sites for hydroxylation is 1. The van der Waals surface area contributed by atoms with Gasteiger partial charge in [0.25, 0.3) is 11.8 Å². The quantitative estimate of drug-likeness (QED) is 0.619. The minimum absolute atomic E-state index is 0.0571. The predicted octanol–water partition coefficient (Wildman–Crippen LogP) is 2.50. The van der Waals surface area contributed by atoms with E-state index in [2.05, 4.69) is 29.5 Å². The van der Waals surface area contributed by atoms with Crippen molar-refractivity contribution in [3.8, 4) is 0 Å². The van der Waals surface area contributed by atoms with Gasteiger partial charge in [-0.2, -0.15) is 0 Å². The maximum absolute atomic E-state index is 13.5. The molecule has 1 unspecified atom stereocenters. The van der Waals surface area contributed by atoms with Crippen LogP contribution in [0.5, 0.6) is 0 Å². The number of nitrogens with zero attached hydrogens (tertiary/aromatic N) is 3. The van der Waals surface area contributed by atoms with Crippen molar-refractivity contribution in [2.45, 2.75) is 66.1 Å². The second-order valence-electron chi connectivity index (χ2n) is 8.93. The Morgan fingerprint density at radius 1 is 1.28 bits per heavy atom. The van der Waals surface area contributed by atoms with E-state index in [9.17, 15) is 14.4 Å². The SMILES string of the molecule is CCCN1C(=O)c2c(C(=O)NCc3ccc(C)o3)ncn2CC1(C)C(=O)NCCC(C)C. The van der Waals surface area contributed by atoms with Crippen molar-refractivity contribution in [1.82, 2.24) is 25.1 Å². The van der Waals surface area contributed by atoms with E-state index in [-0.39, 0.29) is 36.3 Å². The highest BCUT2D eigenvalue weighted by atomic mass is 16.3. The normalized spacial score (nSPS) is 18.1. The molecule has 1 aliphatic heterocycles. The Hall–Kier alpha value is -3.10. The molecule has 2 aromatic heterocycles. The van der Waals surface area contributed by atoms with Gasteiger partial charge in [0.05, 0.1) is 19.4 Å². The van der Waals surface area contributed by atoms with Crippen molar-refractivity contribution in [1.29, 1.82) is 0 Å². The van der Waals surface area contributed by atoms with Crippen molar-refractivity contribution in [2.75, 3.05) is 13.1 Å². The van der Waals surface area contributed by atoms with E-state index in [1.165, 1.54) is 6.33 Å². The summed E-state index contributed by atoms with van der Waals surface area (Å²) >= 11 is 0. The van der Waals surface area contributed by atoms with E-state index in [4.69, 9.17) is 4.42 Å². The number of amides is 3. The summed E-state index contributed by atoms with van der Waals surface area (Å²) in [6, 6.07) is 3.61. The van der Waals surface area contributed by atoms with E-state index >= 15 is 0 Å². The van der Waals surface area contributed by atoms with Crippen LogP contribution < -0.4 is 10.6 Å². The predicted molar refractivity (Wildman–Crippen MR) is 119 cm³/mol. The van der Waals surface area contributed by atoms with Crippen LogP contribution in [0.2, 0.25) is 0 Å². The van der Waals surface area contributed by atoms with Crippen LogP contribution in [0.4, 0.5) is 0 Å². The largest absolute Gasteiger partial charge is 0.465 e. The van der Waals surface area contributed by atoms with Gasteiger partial charge in [0, 0.05) is 13.1 Å². The Kier molecular flexibility index (Phi) is 7.06. The van der Waals surface area contributed by atoms with Gasteiger partial charge >= 0.3 is 0 Å². The highest BCUT2D eigenvalue weighted by Gasteiger charge is 2.48. The zero-order valence-electron chi connectivity index (χ0n) is 19.5. The number of hydrogen-bond acceptors (Lipinski definition) is 5. The van der Waals surface area contributed by atoms with Gasteiger partial charge in [-0.05, 0) is 44.7 Å². The molecule has 1 atom stereocenters. The van der Waals surface area contributed by atoms with Crippen molar-refractivity contribution in [3.05, 3.63) is 41.4 Å². The lowest BCUT2D eigenvalue weighted by Gasteiger charge is -2.43. The summed E-state index contributed by atoms with van der Waals surface area (Å²) in [6.07, 6.45) is 3.01. The van der Waals surface area contributed by atoms with Gasteiger partial charge < -0.3 is 24.5 Å². The lowest BCUT2D eigenvalue weighted by molar-refractivity contribution is -0.132. The fourth-order valence-corrected chi connectivity index (χ4v) is 3.92. The molecule has 9 nitrogen and oxygen atoms in total. The maximum Gasteiger partial charge on any atom is 0.273 e. The molecule has 0 saturated heterocycles. The first kappa shape index (κ1) is 23.6. The van der Waals surface area contributed by atoms with Gasteiger partial charge in [-0.1, -0.05) is 20.8 Å². The van der Waals surface area contributed by atoms with Crippen molar-refractivity contribution in [2.24, 2.45) is 5.92 Å². The number of fused-ring (bicyclic) bond motifs is 1. The minimum atomic E-state index is -1.06. The third-order valence-electron chi connectivity index (χ3n) is 5.74. The fraction of sp³-hybridized carbons (Fsp3) is 0.565. The van der Waals surface area contributed by atoms with E-state index in [0.29, 0.717) is 31.2 Å². The van der Waals surface area contributed by atoms with Gasteiger partial charge in [0.15, 0.2) is 5.69 Å². The molecule has 0 saturated carbocycles. The zero-order chi connectivity index (χ0) is 23.5. The first-order chi connectivity index (χ1) is 15.2. The van der Waals surface area contributed by atoms with Crippen molar-refractivity contribution < 1.29 is 18.8 Å². The Bertz CT molecular complexity index is 992. The molecule has 174 valence electrons. The molecule has 0 radical (unpaired) electrons. The number of imidazole rings is 1. The summed E-state index contributed by atoms with van der Waals surface area (Å²) in [5, 5.41) is 5.73. The number of rotatable bonds is 9. The summed E-state index contributed by atoms with van der Waals surface area (Å²) in [7, 11) is 0. The highest BCUT2D eigenvalue weighted by molar-refractivity contribution is 6.07. The van der Waals surface area contributed by atoms with Gasteiger partial charge in [0.1, 0.15) is 22.8 Å². The van der Waals surface area contributed by atoms with Crippen LogP contribution in [-0.2, 0) is 17.9 Å². The molecule has 0 aliphatic carbocycles. The lowest BCUT2D eigenvalue weighted by Crippen LogP contribution is -2.64. The molecule has 0 fully saturated rings. The number of carbonyl (C=O) groups is 3. The summed E-state index contributed by atoms with van der Waals surface area (Å²) < 4.78 is 7.09. The summed E-state index contributed by atoms with van der Waals surface area (Å²) in [5.74, 6) is 0.824. The molecule has 2 N–H and O–H groups in total. The molecule has 1 aliphatic rings. The Morgan fingerprint density at radius 3 is 2.66 bits per heavy atom.